The van der Waals surface area contributed by atoms with Crippen molar-refractivity contribution in [1.29, 1.82) is 0 Å². The van der Waals surface area contributed by atoms with Crippen LogP contribution in [0, 0.1) is 0 Å². The minimum absolute atomic E-state index is 0.257. The molecule has 0 saturated heterocycles. The first-order chi connectivity index (χ1) is 8.04. The lowest BCUT2D eigenvalue weighted by Gasteiger charge is -2.10. The summed E-state index contributed by atoms with van der Waals surface area (Å²) in [6.45, 7) is 1.76. The molecule has 1 heterocycles. The molecule has 0 saturated carbocycles. The Kier molecular flexibility index (Phi) is 2.67. The lowest BCUT2D eigenvalue weighted by Crippen LogP contribution is -2.19. The van der Waals surface area contributed by atoms with Gasteiger partial charge in [-0.2, -0.15) is 0 Å². The van der Waals surface area contributed by atoms with E-state index in [2.05, 4.69) is 5.32 Å². The molecule has 1 aromatic carbocycles. The van der Waals surface area contributed by atoms with Gasteiger partial charge < -0.3 is 5.11 Å². The fourth-order valence-corrected chi connectivity index (χ4v) is 1.96. The van der Waals surface area contributed by atoms with Crippen LogP contribution in [0.2, 0.25) is 0 Å². The van der Waals surface area contributed by atoms with E-state index >= 15 is 0 Å². The Morgan fingerprint density at radius 1 is 1.29 bits per heavy atom. The van der Waals surface area contributed by atoms with Crippen LogP contribution in [0.4, 0.5) is 0 Å². The molecule has 1 aliphatic heterocycles. The van der Waals surface area contributed by atoms with Gasteiger partial charge >= 0.3 is 5.97 Å². The fourth-order valence-electron chi connectivity index (χ4n) is 1.96. The average molecular weight is 233 g/mol. The highest BCUT2D eigenvalue weighted by Crippen LogP contribution is 2.24. The van der Waals surface area contributed by atoms with E-state index < -0.39 is 23.7 Å². The van der Waals surface area contributed by atoms with Crippen molar-refractivity contribution in [2.45, 2.75) is 19.3 Å². The minimum atomic E-state index is -0.933. The second-order valence-electron chi connectivity index (χ2n) is 3.89. The standard InChI is InChI=1S/C12H11NO4/c1-2-7(12(16)17)6-3-4-8-9(5-6)11(15)13-10(8)14/h3-5,7H,2H2,1H3,(H,16,17)(H,13,14,15). The van der Waals surface area contributed by atoms with E-state index in [9.17, 15) is 14.4 Å². The third kappa shape index (κ3) is 1.80. The molecule has 17 heavy (non-hydrogen) atoms. The number of benzene rings is 1. The van der Waals surface area contributed by atoms with E-state index in [1.807, 2.05) is 0 Å². The first-order valence-electron chi connectivity index (χ1n) is 5.27. The molecule has 1 unspecified atom stereocenters. The number of carbonyl (C=O) groups excluding carboxylic acids is 2. The van der Waals surface area contributed by atoms with E-state index in [-0.39, 0.29) is 5.56 Å². The SMILES string of the molecule is CCC(C(=O)O)c1ccc2c(c1)C(=O)NC2=O. The summed E-state index contributed by atoms with van der Waals surface area (Å²) in [5.74, 6) is -2.48. The summed E-state index contributed by atoms with van der Waals surface area (Å²) in [5, 5.41) is 11.2. The van der Waals surface area contributed by atoms with Crippen molar-refractivity contribution in [3.63, 3.8) is 0 Å². The van der Waals surface area contributed by atoms with Gasteiger partial charge in [0.15, 0.2) is 0 Å². The molecule has 0 aliphatic carbocycles. The van der Waals surface area contributed by atoms with Gasteiger partial charge in [0.2, 0.25) is 0 Å². The van der Waals surface area contributed by atoms with E-state index in [4.69, 9.17) is 5.11 Å². The predicted octanol–water partition coefficient (Wildman–Crippen LogP) is 1.15. The molecule has 5 nitrogen and oxygen atoms in total. The topological polar surface area (TPSA) is 83.5 Å². The molecule has 0 fully saturated rings. The predicted molar refractivity (Wildman–Crippen MR) is 58.9 cm³/mol. The molecular weight excluding hydrogens is 222 g/mol. The number of carboxylic acids is 1. The molecule has 0 spiro atoms. The Hall–Kier alpha value is -2.17. The minimum Gasteiger partial charge on any atom is -0.481 e. The zero-order valence-electron chi connectivity index (χ0n) is 9.19. The molecule has 2 N–H and O–H groups in total. The van der Waals surface area contributed by atoms with Crippen LogP contribution in [0.25, 0.3) is 0 Å². The summed E-state index contributed by atoms with van der Waals surface area (Å²) in [6, 6.07) is 4.56. The van der Waals surface area contributed by atoms with E-state index in [0.717, 1.165) is 0 Å². The Balaban J connectivity index is 2.47. The van der Waals surface area contributed by atoms with Crippen molar-refractivity contribution in [3.05, 3.63) is 34.9 Å². The molecule has 88 valence electrons. The number of carboxylic acid groups (broad SMARTS) is 1. The van der Waals surface area contributed by atoms with Crippen molar-refractivity contribution in [1.82, 2.24) is 5.32 Å². The van der Waals surface area contributed by atoms with E-state index in [1.54, 1.807) is 13.0 Å². The van der Waals surface area contributed by atoms with Crippen molar-refractivity contribution < 1.29 is 19.5 Å². The molecule has 2 rings (SSSR count). The van der Waals surface area contributed by atoms with Crippen molar-refractivity contribution in [3.8, 4) is 0 Å². The summed E-state index contributed by atoms with van der Waals surface area (Å²) < 4.78 is 0. The second kappa shape index (κ2) is 4.01. The maximum Gasteiger partial charge on any atom is 0.310 e. The van der Waals surface area contributed by atoms with Crippen LogP contribution in [-0.2, 0) is 4.79 Å². The van der Waals surface area contributed by atoms with Crippen LogP contribution in [0.5, 0.6) is 0 Å². The quantitative estimate of drug-likeness (QED) is 0.767. The summed E-state index contributed by atoms with van der Waals surface area (Å²) in [6.07, 6.45) is 0.434. The van der Waals surface area contributed by atoms with Crippen LogP contribution in [0.15, 0.2) is 18.2 Å². The molecule has 0 radical (unpaired) electrons. The maximum absolute atomic E-state index is 11.4. The molecule has 0 bridgehead atoms. The molecule has 1 aromatic rings. The number of rotatable bonds is 3. The number of imide groups is 1. The van der Waals surface area contributed by atoms with Crippen LogP contribution in [0.3, 0.4) is 0 Å². The highest BCUT2D eigenvalue weighted by Gasteiger charge is 2.28. The maximum atomic E-state index is 11.4. The number of nitrogens with one attached hydrogen (secondary N) is 1. The van der Waals surface area contributed by atoms with Crippen LogP contribution in [-0.4, -0.2) is 22.9 Å². The lowest BCUT2D eigenvalue weighted by atomic mass is 9.93. The largest absolute Gasteiger partial charge is 0.481 e. The first kappa shape index (κ1) is 11.3. The third-order valence-corrected chi connectivity index (χ3v) is 2.87. The molecule has 5 heteroatoms. The Bertz CT molecular complexity index is 521. The Labute approximate surface area is 97.4 Å². The fraction of sp³-hybridized carbons (Fsp3) is 0.250. The van der Waals surface area contributed by atoms with Gasteiger partial charge in [-0.3, -0.25) is 19.7 Å². The van der Waals surface area contributed by atoms with Gasteiger partial charge in [0.1, 0.15) is 0 Å². The van der Waals surface area contributed by atoms with Gasteiger partial charge in [-0.15, -0.1) is 0 Å². The summed E-state index contributed by atoms with van der Waals surface area (Å²) in [4.78, 5) is 33.8. The third-order valence-electron chi connectivity index (χ3n) is 2.87. The molecule has 0 aromatic heterocycles. The van der Waals surface area contributed by atoms with Crippen molar-refractivity contribution >= 4 is 17.8 Å². The van der Waals surface area contributed by atoms with Gasteiger partial charge in [-0.25, -0.2) is 0 Å². The average Bonchev–Trinajstić information content (AvgIpc) is 2.55. The van der Waals surface area contributed by atoms with Gasteiger partial charge in [0.25, 0.3) is 11.8 Å². The zero-order chi connectivity index (χ0) is 12.6. The second-order valence-corrected chi connectivity index (χ2v) is 3.89. The van der Waals surface area contributed by atoms with Crippen LogP contribution in [0.1, 0.15) is 45.5 Å². The molecular formula is C12H11NO4. The Morgan fingerprint density at radius 2 is 1.94 bits per heavy atom. The van der Waals surface area contributed by atoms with E-state index in [1.165, 1.54) is 12.1 Å². The molecule has 1 atom stereocenters. The molecule has 1 aliphatic rings. The van der Waals surface area contributed by atoms with Gasteiger partial charge in [-0.05, 0) is 24.1 Å². The normalized spacial score (nSPS) is 15.4. The monoisotopic (exact) mass is 233 g/mol. The summed E-state index contributed by atoms with van der Waals surface area (Å²) in [7, 11) is 0. The Morgan fingerprint density at radius 3 is 2.53 bits per heavy atom. The number of fused-ring (bicyclic) bond motifs is 1. The van der Waals surface area contributed by atoms with Gasteiger partial charge in [0.05, 0.1) is 17.0 Å². The highest BCUT2D eigenvalue weighted by atomic mass is 16.4. The smallest absolute Gasteiger partial charge is 0.310 e. The van der Waals surface area contributed by atoms with Gasteiger partial charge in [0, 0.05) is 0 Å². The summed E-state index contributed by atoms with van der Waals surface area (Å²) >= 11 is 0. The first-order valence-corrected chi connectivity index (χ1v) is 5.27. The van der Waals surface area contributed by atoms with Crippen molar-refractivity contribution in [2.24, 2.45) is 0 Å². The van der Waals surface area contributed by atoms with Gasteiger partial charge in [-0.1, -0.05) is 13.0 Å². The molecule has 2 amide bonds. The highest BCUT2D eigenvalue weighted by molar-refractivity contribution is 6.21. The number of amides is 2. The number of hydrogen-bond acceptors (Lipinski definition) is 3. The van der Waals surface area contributed by atoms with E-state index in [0.29, 0.717) is 17.5 Å². The van der Waals surface area contributed by atoms with Crippen LogP contribution >= 0.6 is 0 Å². The number of hydrogen-bond donors (Lipinski definition) is 2. The number of aliphatic carboxylic acids is 1. The lowest BCUT2D eigenvalue weighted by molar-refractivity contribution is -0.138. The van der Waals surface area contributed by atoms with Crippen LogP contribution < -0.4 is 5.32 Å². The zero-order valence-corrected chi connectivity index (χ0v) is 9.19. The van der Waals surface area contributed by atoms with Crippen molar-refractivity contribution in [2.75, 3.05) is 0 Å². The number of carbonyl (C=O) groups is 3. The summed E-state index contributed by atoms with van der Waals surface area (Å²) in [5.41, 5.74) is 1.11.